The summed E-state index contributed by atoms with van der Waals surface area (Å²) in [5.41, 5.74) is 0. The van der Waals surface area contributed by atoms with Crippen LogP contribution in [0, 0.1) is 0 Å². The van der Waals surface area contributed by atoms with Gasteiger partial charge in [-0.3, -0.25) is 4.55 Å². The molecule has 0 aliphatic carbocycles. The van der Waals surface area contributed by atoms with Gasteiger partial charge in [0.2, 0.25) is 0 Å². The summed E-state index contributed by atoms with van der Waals surface area (Å²) in [5.74, 6) is -0.395. The molecule has 1 heterocycles. The summed E-state index contributed by atoms with van der Waals surface area (Å²) >= 11 is 0. The number of carbonyl (C=O) groups excluding carboxylic acids is 1. The SMILES string of the molecule is CCCCCCCCCCCC1OCC(COC(=O)NCCCS(=O)(=O)O)O1. The first kappa shape index (κ1) is 25.1. The maximum Gasteiger partial charge on any atom is 0.407 e. The van der Waals surface area contributed by atoms with Crippen molar-refractivity contribution in [1.29, 1.82) is 0 Å². The summed E-state index contributed by atoms with van der Waals surface area (Å²) in [4.78, 5) is 11.5. The molecule has 166 valence electrons. The van der Waals surface area contributed by atoms with Gasteiger partial charge in [0.25, 0.3) is 10.1 Å². The van der Waals surface area contributed by atoms with E-state index in [0.717, 1.165) is 12.8 Å². The molecule has 0 aromatic rings. The molecule has 1 aliphatic rings. The number of rotatable bonds is 16. The van der Waals surface area contributed by atoms with E-state index in [4.69, 9.17) is 18.8 Å². The minimum Gasteiger partial charge on any atom is -0.447 e. The summed E-state index contributed by atoms with van der Waals surface area (Å²) in [6.45, 7) is 2.84. The molecule has 2 unspecified atom stereocenters. The summed E-state index contributed by atoms with van der Waals surface area (Å²) in [6, 6.07) is 0. The van der Waals surface area contributed by atoms with Crippen molar-refractivity contribution in [3.05, 3.63) is 0 Å². The van der Waals surface area contributed by atoms with E-state index in [1.807, 2.05) is 0 Å². The molecule has 0 aromatic heterocycles. The molecule has 2 atom stereocenters. The average Bonchev–Trinajstić information content (AvgIpc) is 3.09. The van der Waals surface area contributed by atoms with Gasteiger partial charge in [-0.05, 0) is 19.3 Å². The van der Waals surface area contributed by atoms with Crippen molar-refractivity contribution in [2.24, 2.45) is 0 Å². The van der Waals surface area contributed by atoms with Gasteiger partial charge < -0.3 is 19.5 Å². The zero-order chi connectivity index (χ0) is 20.7. The van der Waals surface area contributed by atoms with Crippen molar-refractivity contribution in [3.63, 3.8) is 0 Å². The molecule has 1 fully saturated rings. The van der Waals surface area contributed by atoms with Gasteiger partial charge in [-0.25, -0.2) is 4.79 Å². The van der Waals surface area contributed by atoms with E-state index in [0.29, 0.717) is 6.61 Å². The first-order valence-corrected chi connectivity index (χ1v) is 12.1. The lowest BCUT2D eigenvalue weighted by Gasteiger charge is -2.12. The predicted octanol–water partition coefficient (Wildman–Crippen LogP) is 3.65. The fourth-order valence-corrected chi connectivity index (χ4v) is 3.54. The predicted molar refractivity (Wildman–Crippen MR) is 107 cm³/mol. The molecule has 0 radical (unpaired) electrons. The number of hydrogen-bond acceptors (Lipinski definition) is 6. The molecule has 1 amide bonds. The molecule has 1 rings (SSSR count). The summed E-state index contributed by atoms with van der Waals surface area (Å²) in [5, 5.41) is 2.43. The summed E-state index contributed by atoms with van der Waals surface area (Å²) in [7, 11) is -4.00. The van der Waals surface area contributed by atoms with E-state index in [2.05, 4.69) is 12.2 Å². The van der Waals surface area contributed by atoms with Crippen LogP contribution in [0.4, 0.5) is 4.79 Å². The lowest BCUT2D eigenvalue weighted by Crippen LogP contribution is -2.30. The van der Waals surface area contributed by atoms with Crippen LogP contribution in [0.3, 0.4) is 0 Å². The number of amides is 1. The Morgan fingerprint density at radius 2 is 1.71 bits per heavy atom. The lowest BCUT2D eigenvalue weighted by atomic mass is 10.1. The summed E-state index contributed by atoms with van der Waals surface area (Å²) < 4.78 is 46.1. The highest BCUT2D eigenvalue weighted by Gasteiger charge is 2.26. The third-order valence-corrected chi connectivity index (χ3v) is 5.41. The smallest absolute Gasteiger partial charge is 0.407 e. The van der Waals surface area contributed by atoms with E-state index in [1.165, 1.54) is 51.4 Å². The van der Waals surface area contributed by atoms with E-state index in [-0.39, 0.29) is 32.0 Å². The van der Waals surface area contributed by atoms with Crippen molar-refractivity contribution in [3.8, 4) is 0 Å². The maximum absolute atomic E-state index is 11.5. The van der Waals surface area contributed by atoms with Crippen LogP contribution in [-0.2, 0) is 24.3 Å². The Morgan fingerprint density at radius 1 is 1.07 bits per heavy atom. The number of hydrogen-bond donors (Lipinski definition) is 2. The van der Waals surface area contributed by atoms with Crippen LogP contribution < -0.4 is 5.32 Å². The first-order valence-electron chi connectivity index (χ1n) is 10.5. The highest BCUT2D eigenvalue weighted by atomic mass is 32.2. The van der Waals surface area contributed by atoms with Crippen molar-refractivity contribution in [2.45, 2.75) is 89.9 Å². The molecule has 0 spiro atoms. The normalized spacial score (nSPS) is 19.6. The van der Waals surface area contributed by atoms with Crippen LogP contribution in [0.2, 0.25) is 0 Å². The zero-order valence-corrected chi connectivity index (χ0v) is 17.9. The maximum atomic E-state index is 11.5. The van der Waals surface area contributed by atoms with Crippen molar-refractivity contribution < 1.29 is 32.0 Å². The van der Waals surface area contributed by atoms with E-state index < -0.39 is 22.0 Å². The number of unbranched alkanes of at least 4 members (excludes halogenated alkanes) is 8. The Morgan fingerprint density at radius 3 is 2.36 bits per heavy atom. The Kier molecular flexibility index (Phi) is 13.5. The van der Waals surface area contributed by atoms with E-state index >= 15 is 0 Å². The highest BCUT2D eigenvalue weighted by Crippen LogP contribution is 2.18. The molecule has 1 aliphatic heterocycles. The molecule has 0 aromatic carbocycles. The third kappa shape index (κ3) is 14.1. The second kappa shape index (κ2) is 15.0. The monoisotopic (exact) mass is 423 g/mol. The Labute approximate surface area is 169 Å². The van der Waals surface area contributed by atoms with Crippen LogP contribution in [0.1, 0.15) is 77.6 Å². The molecule has 28 heavy (non-hydrogen) atoms. The van der Waals surface area contributed by atoms with Crippen molar-refractivity contribution in [2.75, 3.05) is 25.5 Å². The Hall–Kier alpha value is -0.900. The van der Waals surface area contributed by atoms with Gasteiger partial charge in [-0.15, -0.1) is 0 Å². The number of ether oxygens (including phenoxy) is 3. The Balaban J connectivity index is 1.95. The highest BCUT2D eigenvalue weighted by molar-refractivity contribution is 7.85. The topological polar surface area (TPSA) is 111 Å². The van der Waals surface area contributed by atoms with Gasteiger partial charge in [0.1, 0.15) is 12.7 Å². The number of alkyl carbamates (subject to hydrolysis) is 1. The van der Waals surface area contributed by atoms with Crippen LogP contribution >= 0.6 is 0 Å². The van der Waals surface area contributed by atoms with Gasteiger partial charge in [-0.2, -0.15) is 8.42 Å². The molecular formula is C19H37NO7S. The minimum atomic E-state index is -4.00. The van der Waals surface area contributed by atoms with Crippen LogP contribution in [0.25, 0.3) is 0 Å². The number of nitrogens with one attached hydrogen (secondary N) is 1. The standard InChI is InChI=1S/C19H37NO7S/c1-2-3-4-5-6-7-8-9-10-12-18-25-15-17(27-18)16-26-19(21)20-13-11-14-28(22,23)24/h17-18H,2-16H2,1H3,(H,20,21)(H,22,23,24). The lowest BCUT2D eigenvalue weighted by molar-refractivity contribution is -0.0709. The van der Waals surface area contributed by atoms with Gasteiger partial charge >= 0.3 is 6.09 Å². The number of carbonyl (C=O) groups is 1. The van der Waals surface area contributed by atoms with Crippen LogP contribution in [0.15, 0.2) is 0 Å². The fourth-order valence-electron chi connectivity index (χ4n) is 3.03. The van der Waals surface area contributed by atoms with E-state index in [1.54, 1.807) is 0 Å². The molecule has 0 saturated carbocycles. The molecular weight excluding hydrogens is 386 g/mol. The van der Waals surface area contributed by atoms with Gasteiger partial charge in [0.05, 0.1) is 12.4 Å². The van der Waals surface area contributed by atoms with Crippen molar-refractivity contribution >= 4 is 16.2 Å². The molecule has 0 bridgehead atoms. The average molecular weight is 424 g/mol. The zero-order valence-electron chi connectivity index (χ0n) is 17.1. The van der Waals surface area contributed by atoms with Crippen LogP contribution in [-0.4, -0.2) is 57.0 Å². The second-order valence-corrected chi connectivity index (χ2v) is 8.87. The second-order valence-electron chi connectivity index (χ2n) is 7.30. The van der Waals surface area contributed by atoms with Gasteiger partial charge in [0.15, 0.2) is 6.29 Å². The molecule has 1 saturated heterocycles. The quantitative estimate of drug-likeness (QED) is 0.288. The fraction of sp³-hybridized carbons (Fsp3) is 0.947. The first-order chi connectivity index (χ1) is 13.4. The van der Waals surface area contributed by atoms with Crippen LogP contribution in [0.5, 0.6) is 0 Å². The molecule has 8 nitrogen and oxygen atoms in total. The van der Waals surface area contributed by atoms with E-state index in [9.17, 15) is 13.2 Å². The molecule has 2 N–H and O–H groups in total. The summed E-state index contributed by atoms with van der Waals surface area (Å²) in [6.07, 6.45) is 11.3. The minimum absolute atomic E-state index is 0.0956. The largest absolute Gasteiger partial charge is 0.447 e. The Bertz CT molecular complexity index is 512. The van der Waals surface area contributed by atoms with Gasteiger partial charge in [0, 0.05) is 6.54 Å². The van der Waals surface area contributed by atoms with Crippen molar-refractivity contribution in [1.82, 2.24) is 5.32 Å². The molecule has 9 heteroatoms. The third-order valence-electron chi connectivity index (χ3n) is 4.60. The van der Waals surface area contributed by atoms with Gasteiger partial charge in [-0.1, -0.05) is 58.3 Å².